The number of rotatable bonds is 7. The number of piperidine rings is 1. The molecular weight excluding hydrogens is 546 g/mol. The van der Waals surface area contributed by atoms with E-state index in [1.807, 2.05) is 12.1 Å². The van der Waals surface area contributed by atoms with Crippen molar-refractivity contribution in [2.75, 3.05) is 17.6 Å². The van der Waals surface area contributed by atoms with Crippen LogP contribution in [0.15, 0.2) is 79.1 Å². The summed E-state index contributed by atoms with van der Waals surface area (Å²) in [6.45, 7) is 0.375. The van der Waals surface area contributed by atoms with E-state index in [4.69, 9.17) is 17.3 Å². The summed E-state index contributed by atoms with van der Waals surface area (Å²) in [6, 6.07) is 17.5. The molecule has 2 atom stereocenters. The summed E-state index contributed by atoms with van der Waals surface area (Å²) in [5.41, 5.74) is 9.15. The lowest BCUT2D eigenvalue weighted by atomic mass is 9.82. The number of nitrogens with zero attached hydrogens (tertiary/aromatic N) is 5. The van der Waals surface area contributed by atoms with Gasteiger partial charge in [-0.25, -0.2) is 4.79 Å². The molecule has 2 unspecified atom stereocenters. The number of likely N-dealkylation sites (tertiary alicyclic amines) is 1. The zero-order chi connectivity index (χ0) is 28.9. The Morgan fingerprint density at radius 2 is 1.80 bits per heavy atom. The summed E-state index contributed by atoms with van der Waals surface area (Å²) < 4.78 is 1.46. The monoisotopic (exact) mass is 571 g/mol. The smallest absolute Gasteiger partial charge is 0.335 e. The maximum absolute atomic E-state index is 13.8. The van der Waals surface area contributed by atoms with Crippen molar-refractivity contribution in [2.24, 2.45) is 0 Å². The van der Waals surface area contributed by atoms with Crippen molar-refractivity contribution in [3.63, 3.8) is 0 Å². The van der Waals surface area contributed by atoms with Crippen molar-refractivity contribution in [1.29, 1.82) is 0 Å². The van der Waals surface area contributed by atoms with Crippen LogP contribution in [0.25, 0.3) is 11.8 Å². The Morgan fingerprint density at radius 3 is 2.49 bits per heavy atom. The number of nitrogen functional groups attached to an aromatic ring is 1. The first-order valence-corrected chi connectivity index (χ1v) is 13.2. The molecule has 0 bridgehead atoms. The van der Waals surface area contributed by atoms with E-state index in [2.05, 4.69) is 20.8 Å². The van der Waals surface area contributed by atoms with Gasteiger partial charge in [-0.05, 0) is 89.5 Å². The summed E-state index contributed by atoms with van der Waals surface area (Å²) in [5, 5.41) is 23.8. The zero-order valence-electron chi connectivity index (χ0n) is 21.7. The maximum Gasteiger partial charge on any atom is 0.335 e. The van der Waals surface area contributed by atoms with E-state index in [-0.39, 0.29) is 23.3 Å². The van der Waals surface area contributed by atoms with Crippen LogP contribution in [0.2, 0.25) is 5.02 Å². The van der Waals surface area contributed by atoms with Gasteiger partial charge >= 0.3 is 5.97 Å². The maximum atomic E-state index is 13.8. The van der Waals surface area contributed by atoms with Gasteiger partial charge in [-0.3, -0.25) is 9.59 Å². The van der Waals surface area contributed by atoms with Crippen molar-refractivity contribution in [3.8, 4) is 5.69 Å². The predicted octanol–water partition coefficient (Wildman–Crippen LogP) is 4.02. The quantitative estimate of drug-likeness (QED) is 0.222. The topological polar surface area (TPSA) is 156 Å². The molecule has 1 fully saturated rings. The number of nitrogens with one attached hydrogen (secondary N) is 1. The largest absolute Gasteiger partial charge is 0.478 e. The number of aromatic carboxylic acids is 1. The van der Waals surface area contributed by atoms with Crippen LogP contribution in [-0.4, -0.2) is 60.6 Å². The third-order valence-corrected chi connectivity index (χ3v) is 7.17. The zero-order valence-corrected chi connectivity index (χ0v) is 22.5. The molecule has 3 aromatic carbocycles. The van der Waals surface area contributed by atoms with E-state index in [0.717, 1.165) is 5.56 Å². The number of nitrogens with two attached hydrogens (primary N) is 1. The number of hydrogen-bond donors (Lipinski definition) is 3. The lowest BCUT2D eigenvalue weighted by Gasteiger charge is -2.40. The number of carbonyl (C=O) groups is 3. The summed E-state index contributed by atoms with van der Waals surface area (Å²) in [6.07, 6.45) is 5.85. The van der Waals surface area contributed by atoms with E-state index in [9.17, 15) is 19.5 Å². The van der Waals surface area contributed by atoms with E-state index < -0.39 is 12.0 Å². The molecule has 0 spiro atoms. The number of carboxylic acid groups (broad SMARTS) is 1. The minimum atomic E-state index is -1.06. The fraction of sp³-hybridized carbons (Fsp3) is 0.172. The Kier molecular flexibility index (Phi) is 8.06. The standard InChI is InChI=1S/C29H26ClN7O4/c30-21-8-13-25(37-17-32-34-35-37)20(16-21)7-14-26(38)36-15-1-2-24(18-3-9-22(31)10-4-18)27(36)28(39)33-23-11-5-19(6-12-23)29(40)41/h3-14,16-17,24,27H,1-2,15,31H2,(H,33,39)(H,40,41)/b14-7+. The SMILES string of the molecule is Nc1ccc(C2CCCN(C(=O)/C=C/c3cc(Cl)ccc3-n3cnnn3)C2C(=O)Nc2ccc(C(=O)O)cc2)cc1. The summed E-state index contributed by atoms with van der Waals surface area (Å²) in [4.78, 5) is 40.2. The number of carbonyl (C=O) groups excluding carboxylic acids is 2. The first-order chi connectivity index (χ1) is 19.8. The second-order valence-corrected chi connectivity index (χ2v) is 9.99. The van der Waals surface area contributed by atoms with Crippen LogP contribution in [0.4, 0.5) is 11.4 Å². The van der Waals surface area contributed by atoms with Gasteiger partial charge in [-0.15, -0.1) is 5.10 Å². The van der Waals surface area contributed by atoms with Crippen molar-refractivity contribution in [2.45, 2.75) is 24.8 Å². The normalized spacial score (nSPS) is 17.0. The number of carboxylic acids is 1. The molecule has 11 nitrogen and oxygen atoms in total. The van der Waals surface area contributed by atoms with Crippen LogP contribution in [-0.2, 0) is 9.59 Å². The Morgan fingerprint density at radius 1 is 1.05 bits per heavy atom. The van der Waals surface area contributed by atoms with Crippen molar-refractivity contribution in [3.05, 3.63) is 101 Å². The predicted molar refractivity (Wildman–Crippen MR) is 154 cm³/mol. The van der Waals surface area contributed by atoms with Gasteiger partial charge < -0.3 is 21.1 Å². The van der Waals surface area contributed by atoms with E-state index >= 15 is 0 Å². The molecule has 208 valence electrons. The Balaban J connectivity index is 1.45. The molecule has 1 saturated heterocycles. The third kappa shape index (κ3) is 6.25. The molecule has 41 heavy (non-hydrogen) atoms. The molecule has 2 heterocycles. The highest BCUT2D eigenvalue weighted by Gasteiger charge is 2.39. The van der Waals surface area contributed by atoms with Crippen LogP contribution in [0.1, 0.15) is 40.2 Å². The van der Waals surface area contributed by atoms with Crippen LogP contribution < -0.4 is 11.1 Å². The highest BCUT2D eigenvalue weighted by molar-refractivity contribution is 6.30. The highest BCUT2D eigenvalue weighted by Crippen LogP contribution is 2.34. The van der Waals surface area contributed by atoms with Crippen molar-refractivity contribution < 1.29 is 19.5 Å². The average Bonchev–Trinajstić information content (AvgIpc) is 3.51. The second kappa shape index (κ2) is 12.0. The van der Waals surface area contributed by atoms with Gasteiger partial charge in [-0.1, -0.05) is 23.7 Å². The molecule has 1 aromatic heterocycles. The van der Waals surface area contributed by atoms with Crippen LogP contribution in [0.5, 0.6) is 0 Å². The Labute approximate surface area is 240 Å². The Hall–Kier alpha value is -5.03. The molecule has 0 aliphatic carbocycles. The number of amides is 2. The molecule has 5 rings (SSSR count). The van der Waals surface area contributed by atoms with E-state index in [1.165, 1.54) is 41.4 Å². The fourth-order valence-electron chi connectivity index (χ4n) is 4.97. The van der Waals surface area contributed by atoms with Gasteiger partial charge in [0, 0.05) is 40.5 Å². The Bertz CT molecular complexity index is 1590. The summed E-state index contributed by atoms with van der Waals surface area (Å²) >= 11 is 6.22. The minimum Gasteiger partial charge on any atom is -0.478 e. The number of benzene rings is 3. The van der Waals surface area contributed by atoms with Crippen LogP contribution in [0, 0.1) is 0 Å². The number of hydrogen-bond acceptors (Lipinski definition) is 7. The fourth-order valence-corrected chi connectivity index (χ4v) is 5.15. The van der Waals surface area contributed by atoms with Gasteiger partial charge in [0.15, 0.2) is 0 Å². The second-order valence-electron chi connectivity index (χ2n) is 9.55. The van der Waals surface area contributed by atoms with Crippen molar-refractivity contribution in [1.82, 2.24) is 25.1 Å². The van der Waals surface area contributed by atoms with Crippen molar-refractivity contribution >= 4 is 46.8 Å². The number of anilines is 2. The third-order valence-electron chi connectivity index (χ3n) is 6.94. The summed E-state index contributed by atoms with van der Waals surface area (Å²) in [5.74, 6) is -2.09. The van der Waals surface area contributed by atoms with E-state index in [1.54, 1.807) is 41.3 Å². The van der Waals surface area contributed by atoms with Gasteiger partial charge in [-0.2, -0.15) is 4.68 Å². The molecule has 4 N–H and O–H groups in total. The molecule has 0 radical (unpaired) electrons. The van der Waals surface area contributed by atoms with Gasteiger partial charge in [0.25, 0.3) is 0 Å². The van der Waals surface area contributed by atoms with Crippen LogP contribution in [0.3, 0.4) is 0 Å². The van der Waals surface area contributed by atoms with Gasteiger partial charge in [0.05, 0.1) is 11.3 Å². The minimum absolute atomic E-state index is 0.101. The number of tetrazole rings is 1. The molecule has 12 heteroatoms. The lowest BCUT2D eigenvalue weighted by Crippen LogP contribution is -2.53. The van der Waals surface area contributed by atoms with Gasteiger partial charge in [0.2, 0.25) is 11.8 Å². The number of aromatic nitrogens is 4. The van der Waals surface area contributed by atoms with E-state index in [0.29, 0.717) is 47.0 Å². The molecular formula is C29H26ClN7O4. The molecule has 2 amide bonds. The summed E-state index contributed by atoms with van der Waals surface area (Å²) in [7, 11) is 0. The first kappa shape index (κ1) is 27.5. The molecule has 0 saturated carbocycles. The number of halogens is 1. The first-order valence-electron chi connectivity index (χ1n) is 12.8. The molecule has 1 aliphatic rings. The average molecular weight is 572 g/mol. The molecule has 4 aromatic rings. The lowest BCUT2D eigenvalue weighted by molar-refractivity contribution is -0.137. The molecule has 1 aliphatic heterocycles. The van der Waals surface area contributed by atoms with Crippen LogP contribution >= 0.6 is 11.6 Å². The van der Waals surface area contributed by atoms with Gasteiger partial charge in [0.1, 0.15) is 12.4 Å². The highest BCUT2D eigenvalue weighted by atomic mass is 35.5.